The zero-order valence-electron chi connectivity index (χ0n) is 16.6. The van der Waals surface area contributed by atoms with Crippen molar-refractivity contribution in [2.75, 3.05) is 26.2 Å². The van der Waals surface area contributed by atoms with Crippen LogP contribution in [0, 0.1) is 23.2 Å². The summed E-state index contributed by atoms with van der Waals surface area (Å²) in [7, 11) is 0. The maximum absolute atomic E-state index is 3.80. The molecule has 0 saturated heterocycles. The number of rotatable bonds is 10. The molecule has 2 nitrogen and oxygen atoms in total. The second-order valence-corrected chi connectivity index (χ2v) is 9.02. The van der Waals surface area contributed by atoms with Crippen molar-refractivity contribution < 1.29 is 0 Å². The molecule has 0 aliphatic heterocycles. The maximum atomic E-state index is 3.80. The number of fused-ring (bicyclic) bond motifs is 2. The van der Waals surface area contributed by atoms with E-state index in [0.29, 0.717) is 5.41 Å². The van der Waals surface area contributed by atoms with Crippen molar-refractivity contribution in [1.82, 2.24) is 10.2 Å². The molecule has 2 heteroatoms. The van der Waals surface area contributed by atoms with Gasteiger partial charge in [-0.1, -0.05) is 57.5 Å². The molecule has 3 aliphatic rings. The summed E-state index contributed by atoms with van der Waals surface area (Å²) in [6, 6.07) is 10.9. The Morgan fingerprint density at radius 2 is 1.92 bits per heavy atom. The molecule has 1 N–H and O–H groups in total. The van der Waals surface area contributed by atoms with Crippen LogP contribution < -0.4 is 5.32 Å². The predicted octanol–water partition coefficient (Wildman–Crippen LogP) is 4.95. The Balaban J connectivity index is 1.40. The van der Waals surface area contributed by atoms with Crippen LogP contribution in [0.15, 0.2) is 30.3 Å². The van der Waals surface area contributed by atoms with Crippen LogP contribution in [0.5, 0.6) is 0 Å². The van der Waals surface area contributed by atoms with E-state index in [1.54, 1.807) is 0 Å². The van der Waals surface area contributed by atoms with Gasteiger partial charge in [-0.15, -0.1) is 0 Å². The summed E-state index contributed by atoms with van der Waals surface area (Å²) in [6.45, 7) is 13.1. The van der Waals surface area contributed by atoms with E-state index in [4.69, 9.17) is 0 Å². The van der Waals surface area contributed by atoms with E-state index in [0.717, 1.165) is 37.4 Å². The van der Waals surface area contributed by atoms with E-state index in [2.05, 4.69) is 61.3 Å². The number of hydrogen-bond donors (Lipinski definition) is 1. The van der Waals surface area contributed by atoms with Crippen LogP contribution in [0.1, 0.15) is 58.4 Å². The van der Waals surface area contributed by atoms with Crippen molar-refractivity contribution in [3.63, 3.8) is 0 Å². The zero-order valence-corrected chi connectivity index (χ0v) is 16.6. The first-order valence-electron chi connectivity index (χ1n) is 10.6. The molecule has 0 unspecified atom stereocenters. The minimum Gasteiger partial charge on any atom is -0.315 e. The van der Waals surface area contributed by atoms with Gasteiger partial charge in [0.1, 0.15) is 0 Å². The average molecular weight is 343 g/mol. The largest absolute Gasteiger partial charge is 0.315 e. The average Bonchev–Trinajstić information content (AvgIpc) is 2.63. The SMILES string of the molecule is CCCCN(CCNC[C@@H]1CC[C@H]2C[C@@H]1C2(C)C)Cc1ccccc1. The minimum atomic E-state index is 0.616. The van der Waals surface area contributed by atoms with Crippen LogP contribution in [0.3, 0.4) is 0 Å². The molecule has 0 amide bonds. The normalized spacial score (nSPS) is 27.3. The Morgan fingerprint density at radius 3 is 2.60 bits per heavy atom. The summed E-state index contributed by atoms with van der Waals surface area (Å²) in [6.07, 6.45) is 6.99. The molecule has 0 aromatic heterocycles. The molecule has 1 aromatic carbocycles. The van der Waals surface area contributed by atoms with Gasteiger partial charge in [0.25, 0.3) is 0 Å². The molecule has 25 heavy (non-hydrogen) atoms. The van der Waals surface area contributed by atoms with Gasteiger partial charge in [0.15, 0.2) is 0 Å². The molecule has 2 bridgehead atoms. The third-order valence-corrected chi connectivity index (χ3v) is 7.09. The van der Waals surface area contributed by atoms with E-state index in [-0.39, 0.29) is 0 Å². The highest BCUT2D eigenvalue weighted by atomic mass is 15.1. The topological polar surface area (TPSA) is 15.3 Å². The van der Waals surface area contributed by atoms with Gasteiger partial charge in [-0.25, -0.2) is 0 Å². The van der Waals surface area contributed by atoms with Gasteiger partial charge < -0.3 is 5.32 Å². The molecule has 4 rings (SSSR count). The van der Waals surface area contributed by atoms with E-state index >= 15 is 0 Å². The molecule has 0 spiro atoms. The lowest BCUT2D eigenvalue weighted by Crippen LogP contribution is -2.54. The maximum Gasteiger partial charge on any atom is 0.0234 e. The molecular formula is C23H38N2. The number of nitrogens with one attached hydrogen (secondary N) is 1. The van der Waals surface area contributed by atoms with Gasteiger partial charge in [0, 0.05) is 19.6 Å². The Bertz CT molecular complexity index is 508. The summed E-state index contributed by atoms with van der Waals surface area (Å²) in [5.74, 6) is 2.90. The van der Waals surface area contributed by atoms with E-state index < -0.39 is 0 Å². The summed E-state index contributed by atoms with van der Waals surface area (Å²) in [5, 5.41) is 3.80. The summed E-state index contributed by atoms with van der Waals surface area (Å²) in [5.41, 5.74) is 2.05. The quantitative estimate of drug-likeness (QED) is 0.605. The second-order valence-electron chi connectivity index (χ2n) is 9.02. The number of hydrogen-bond acceptors (Lipinski definition) is 2. The monoisotopic (exact) mass is 342 g/mol. The molecule has 140 valence electrons. The van der Waals surface area contributed by atoms with E-state index in [9.17, 15) is 0 Å². The van der Waals surface area contributed by atoms with Crippen LogP contribution in [0.2, 0.25) is 0 Å². The highest BCUT2D eigenvalue weighted by Crippen LogP contribution is 2.61. The molecule has 3 atom stereocenters. The lowest BCUT2D eigenvalue weighted by atomic mass is 9.45. The van der Waals surface area contributed by atoms with Gasteiger partial charge in [0.05, 0.1) is 0 Å². The van der Waals surface area contributed by atoms with Crippen LogP contribution in [-0.2, 0) is 6.54 Å². The fraction of sp³-hybridized carbons (Fsp3) is 0.739. The lowest BCUT2D eigenvalue weighted by molar-refractivity contribution is -0.103. The number of nitrogens with zero attached hydrogens (tertiary/aromatic N) is 1. The first kappa shape index (κ1) is 18.9. The second kappa shape index (κ2) is 8.68. The van der Waals surface area contributed by atoms with Crippen LogP contribution in [-0.4, -0.2) is 31.1 Å². The minimum absolute atomic E-state index is 0.616. The number of unbranched alkanes of at least 4 members (excludes halogenated alkanes) is 1. The first-order valence-corrected chi connectivity index (χ1v) is 10.6. The van der Waals surface area contributed by atoms with Crippen molar-refractivity contribution in [3.8, 4) is 0 Å². The lowest BCUT2D eigenvalue weighted by Gasteiger charge is -2.60. The van der Waals surface area contributed by atoms with Crippen molar-refractivity contribution in [3.05, 3.63) is 35.9 Å². The van der Waals surface area contributed by atoms with Crippen molar-refractivity contribution >= 4 is 0 Å². The fourth-order valence-electron chi connectivity index (χ4n) is 5.22. The van der Waals surface area contributed by atoms with Gasteiger partial charge in [-0.2, -0.15) is 0 Å². The third-order valence-electron chi connectivity index (χ3n) is 7.09. The molecule has 3 saturated carbocycles. The van der Waals surface area contributed by atoms with Crippen LogP contribution >= 0.6 is 0 Å². The van der Waals surface area contributed by atoms with Crippen molar-refractivity contribution in [1.29, 1.82) is 0 Å². The number of benzene rings is 1. The summed E-state index contributed by atoms with van der Waals surface area (Å²) in [4.78, 5) is 2.62. The predicted molar refractivity (Wildman–Crippen MR) is 108 cm³/mol. The van der Waals surface area contributed by atoms with Gasteiger partial charge in [-0.3, -0.25) is 4.90 Å². The molecule has 3 fully saturated rings. The van der Waals surface area contributed by atoms with Gasteiger partial charge >= 0.3 is 0 Å². The van der Waals surface area contributed by atoms with E-state index in [1.165, 1.54) is 50.8 Å². The van der Waals surface area contributed by atoms with Gasteiger partial charge in [0.2, 0.25) is 0 Å². The summed E-state index contributed by atoms with van der Waals surface area (Å²) >= 11 is 0. The molecule has 3 aliphatic carbocycles. The molecule has 0 heterocycles. The Kier molecular flexibility index (Phi) is 6.57. The highest BCUT2D eigenvalue weighted by Gasteiger charge is 2.53. The smallest absolute Gasteiger partial charge is 0.0234 e. The fourth-order valence-corrected chi connectivity index (χ4v) is 5.22. The van der Waals surface area contributed by atoms with E-state index in [1.807, 2.05) is 0 Å². The third kappa shape index (κ3) is 4.65. The van der Waals surface area contributed by atoms with Gasteiger partial charge in [-0.05, 0) is 67.5 Å². The zero-order chi connectivity index (χ0) is 17.7. The first-order chi connectivity index (χ1) is 12.1. The Hall–Kier alpha value is -0.860. The Labute approximate surface area is 155 Å². The van der Waals surface area contributed by atoms with Crippen molar-refractivity contribution in [2.24, 2.45) is 23.2 Å². The van der Waals surface area contributed by atoms with Crippen LogP contribution in [0.25, 0.3) is 0 Å². The van der Waals surface area contributed by atoms with Crippen molar-refractivity contribution in [2.45, 2.75) is 59.4 Å². The molecule has 0 radical (unpaired) electrons. The molecule has 1 aromatic rings. The Morgan fingerprint density at radius 1 is 1.12 bits per heavy atom. The highest BCUT2D eigenvalue weighted by molar-refractivity contribution is 5.14. The standard InChI is InChI=1S/C23H38N2/c1-4-5-14-25(18-19-9-7-6-8-10-19)15-13-24-17-20-11-12-21-16-22(20)23(21,2)3/h6-10,20-22,24H,4-5,11-18H2,1-3H3/t20-,21-,22-/m0/s1. The molecular weight excluding hydrogens is 304 g/mol. The van der Waals surface area contributed by atoms with Crippen LogP contribution in [0.4, 0.5) is 0 Å². The summed E-state index contributed by atoms with van der Waals surface area (Å²) < 4.78 is 0.